The van der Waals surface area contributed by atoms with Crippen LogP contribution in [0.25, 0.3) is 0 Å². The van der Waals surface area contributed by atoms with E-state index in [1.807, 2.05) is 4.90 Å². The Kier molecular flexibility index (Phi) is 5.85. The van der Waals surface area contributed by atoms with Gasteiger partial charge in [-0.2, -0.15) is 17.2 Å². The molecule has 4 rings (SSSR count). The van der Waals surface area contributed by atoms with Crippen LogP contribution in [0.3, 0.4) is 0 Å². The Morgan fingerprint density at radius 2 is 2.03 bits per heavy atom. The molecule has 0 aromatic heterocycles. The van der Waals surface area contributed by atoms with Gasteiger partial charge >= 0.3 is 6.61 Å². The van der Waals surface area contributed by atoms with Crippen LogP contribution in [-0.2, 0) is 14.8 Å². The van der Waals surface area contributed by atoms with Crippen LogP contribution in [0.5, 0.6) is 5.75 Å². The molecule has 0 saturated carbocycles. The second kappa shape index (κ2) is 8.43. The molecule has 1 amide bonds. The fourth-order valence-electron chi connectivity index (χ4n) is 3.71. The van der Waals surface area contributed by atoms with E-state index in [9.17, 15) is 22.0 Å². The van der Waals surface area contributed by atoms with Crippen LogP contribution in [0.15, 0.2) is 51.8 Å². The van der Waals surface area contributed by atoms with Crippen molar-refractivity contribution >= 4 is 39.1 Å². The smallest absolute Gasteiger partial charge is 0.387 e. The van der Waals surface area contributed by atoms with Crippen molar-refractivity contribution in [2.45, 2.75) is 24.3 Å². The Morgan fingerprint density at radius 1 is 1.26 bits per heavy atom. The molecule has 0 radical (unpaired) electrons. The second-order valence-corrected chi connectivity index (χ2v) is 9.16. The Hall–Kier alpha value is -2.72. The zero-order chi connectivity index (χ0) is 22.2. The number of likely N-dealkylation sites (tertiary alicyclic amines) is 1. The summed E-state index contributed by atoms with van der Waals surface area (Å²) in [5.41, 5.74) is 0.879. The number of anilines is 1. The highest BCUT2D eigenvalue weighted by atomic mass is 35.5. The number of amides is 1. The van der Waals surface area contributed by atoms with Crippen molar-refractivity contribution in [3.63, 3.8) is 0 Å². The molecule has 2 aromatic rings. The van der Waals surface area contributed by atoms with Gasteiger partial charge in [-0.25, -0.2) is 0 Å². The minimum atomic E-state index is -3.74. The molecule has 7 nitrogen and oxygen atoms in total. The molecule has 2 heterocycles. The molecule has 11 heteroatoms. The quantitative estimate of drug-likeness (QED) is 0.737. The van der Waals surface area contributed by atoms with Gasteiger partial charge in [-0.3, -0.25) is 4.79 Å². The number of piperidine rings is 1. The van der Waals surface area contributed by atoms with E-state index >= 15 is 0 Å². The zero-order valence-electron chi connectivity index (χ0n) is 16.1. The Balaban J connectivity index is 1.47. The predicted octanol–water partition coefficient (Wildman–Crippen LogP) is 3.74. The van der Waals surface area contributed by atoms with E-state index in [1.165, 1.54) is 24.3 Å². The summed E-state index contributed by atoms with van der Waals surface area (Å²) < 4.78 is 57.6. The third-order valence-electron chi connectivity index (χ3n) is 5.12. The van der Waals surface area contributed by atoms with Crippen LogP contribution in [0.4, 0.5) is 14.5 Å². The van der Waals surface area contributed by atoms with Gasteiger partial charge in [-0.15, -0.1) is 4.40 Å². The van der Waals surface area contributed by atoms with Crippen LogP contribution in [0.1, 0.15) is 18.4 Å². The molecule has 0 aliphatic carbocycles. The topological polar surface area (TPSA) is 88.1 Å². The van der Waals surface area contributed by atoms with Gasteiger partial charge in [0.05, 0.1) is 10.9 Å². The summed E-state index contributed by atoms with van der Waals surface area (Å²) in [6.45, 7) is -2.12. The molecule has 1 saturated heterocycles. The number of nitrogens with one attached hydrogen (secondary N) is 1. The van der Waals surface area contributed by atoms with Crippen molar-refractivity contribution in [2.75, 3.05) is 18.4 Å². The minimum Gasteiger partial charge on any atom is -0.433 e. The van der Waals surface area contributed by atoms with Crippen LogP contribution in [0.2, 0.25) is 5.02 Å². The lowest BCUT2D eigenvalue weighted by molar-refractivity contribution is -0.121. The number of rotatable bonds is 4. The molecule has 2 aliphatic heterocycles. The van der Waals surface area contributed by atoms with Crippen LogP contribution < -0.4 is 10.1 Å². The van der Waals surface area contributed by atoms with Crippen molar-refractivity contribution in [2.24, 2.45) is 10.3 Å². The van der Waals surface area contributed by atoms with Crippen molar-refractivity contribution in [3.8, 4) is 5.75 Å². The van der Waals surface area contributed by atoms with E-state index in [4.69, 9.17) is 11.6 Å². The number of carbonyl (C=O) groups is 1. The van der Waals surface area contributed by atoms with Crippen LogP contribution in [-0.4, -0.2) is 44.8 Å². The number of ether oxygens (including phenoxy) is 1. The third kappa shape index (κ3) is 4.49. The van der Waals surface area contributed by atoms with Crippen LogP contribution >= 0.6 is 11.6 Å². The lowest BCUT2D eigenvalue weighted by atomic mass is 9.96. The lowest BCUT2D eigenvalue weighted by Crippen LogP contribution is -2.43. The molecular weight excluding hydrogens is 452 g/mol. The van der Waals surface area contributed by atoms with Crippen LogP contribution in [0, 0.1) is 5.92 Å². The molecule has 164 valence electrons. The average molecular weight is 470 g/mol. The maximum atomic E-state index is 12.8. The van der Waals surface area contributed by atoms with Crippen molar-refractivity contribution < 1.29 is 26.7 Å². The van der Waals surface area contributed by atoms with Gasteiger partial charge in [-0.05, 0) is 43.2 Å². The Bertz CT molecular complexity index is 1160. The highest BCUT2D eigenvalue weighted by Gasteiger charge is 2.35. The molecule has 1 atom stereocenters. The summed E-state index contributed by atoms with van der Waals surface area (Å²) in [7, 11) is -3.74. The molecule has 0 spiro atoms. The largest absolute Gasteiger partial charge is 0.433 e. The summed E-state index contributed by atoms with van der Waals surface area (Å²) in [5, 5.41) is 2.68. The number of hydrogen-bond donors (Lipinski definition) is 1. The first kappa shape index (κ1) is 21.5. The maximum Gasteiger partial charge on any atom is 0.387 e. The van der Waals surface area contributed by atoms with E-state index in [2.05, 4.69) is 14.5 Å². The average Bonchev–Trinajstić information content (AvgIpc) is 3.01. The van der Waals surface area contributed by atoms with Gasteiger partial charge < -0.3 is 15.0 Å². The summed E-state index contributed by atoms with van der Waals surface area (Å²) in [6, 6.07) is 10.6. The fourth-order valence-corrected chi connectivity index (χ4v) is 5.17. The van der Waals surface area contributed by atoms with Crippen molar-refractivity contribution in [1.82, 2.24) is 4.90 Å². The monoisotopic (exact) mass is 469 g/mol. The van der Waals surface area contributed by atoms with Gasteiger partial charge in [0.15, 0.2) is 5.84 Å². The Morgan fingerprint density at radius 3 is 2.77 bits per heavy atom. The number of alkyl halides is 2. The molecule has 1 N–H and O–H groups in total. The first-order valence-corrected chi connectivity index (χ1v) is 11.3. The number of hydrogen-bond acceptors (Lipinski definition) is 5. The SMILES string of the molecule is O=C(Nc1ccc(OC(F)F)c(Cl)c1)C1CCCN(C2=NS(=O)(=O)c3ccccc32)C1. The second-order valence-electron chi connectivity index (χ2n) is 7.18. The first-order chi connectivity index (χ1) is 14.7. The summed E-state index contributed by atoms with van der Waals surface area (Å²) in [4.78, 5) is 14.8. The van der Waals surface area contributed by atoms with E-state index in [-0.39, 0.29) is 21.6 Å². The molecule has 31 heavy (non-hydrogen) atoms. The number of nitrogens with zero attached hydrogens (tertiary/aromatic N) is 2. The van der Waals surface area contributed by atoms with Gasteiger partial charge in [-0.1, -0.05) is 23.7 Å². The van der Waals surface area contributed by atoms with E-state index < -0.39 is 22.6 Å². The van der Waals surface area contributed by atoms with Gasteiger partial charge in [0.25, 0.3) is 10.0 Å². The highest BCUT2D eigenvalue weighted by Crippen LogP contribution is 2.31. The number of benzene rings is 2. The van der Waals surface area contributed by atoms with E-state index in [0.717, 1.165) is 0 Å². The first-order valence-electron chi connectivity index (χ1n) is 9.49. The number of carbonyl (C=O) groups excluding carboxylic acids is 1. The summed E-state index contributed by atoms with van der Waals surface area (Å²) in [6.07, 6.45) is 1.30. The molecule has 2 aliphatic rings. The number of halogens is 3. The third-order valence-corrected chi connectivity index (χ3v) is 6.74. The molecule has 1 unspecified atom stereocenters. The summed E-state index contributed by atoms with van der Waals surface area (Å²) >= 11 is 5.94. The molecule has 0 bridgehead atoms. The fraction of sp³-hybridized carbons (Fsp3) is 0.300. The van der Waals surface area contributed by atoms with Gasteiger partial charge in [0.2, 0.25) is 5.91 Å². The standard InChI is InChI=1S/C20H18ClF2N3O4S/c21-15-10-13(7-8-16(15)30-20(22)23)24-19(27)12-4-3-9-26(11-12)18-14-5-1-2-6-17(14)31(28,29)25-18/h1-2,5-8,10,12,20H,3-4,9,11H2,(H,24,27). The van der Waals surface area contributed by atoms with Gasteiger partial charge in [0, 0.05) is 24.3 Å². The number of amidine groups is 1. The normalized spacial score (nSPS) is 19.7. The summed E-state index contributed by atoms with van der Waals surface area (Å²) in [5.74, 6) is -0.525. The molecular formula is C20H18ClF2N3O4S. The molecule has 2 aromatic carbocycles. The van der Waals surface area contributed by atoms with Gasteiger partial charge in [0.1, 0.15) is 10.6 Å². The lowest BCUT2D eigenvalue weighted by Gasteiger charge is -2.33. The number of fused-ring (bicyclic) bond motifs is 1. The van der Waals surface area contributed by atoms with Crippen molar-refractivity contribution in [1.29, 1.82) is 0 Å². The maximum absolute atomic E-state index is 12.8. The van der Waals surface area contributed by atoms with E-state index in [1.54, 1.807) is 18.2 Å². The molecule has 1 fully saturated rings. The zero-order valence-corrected chi connectivity index (χ0v) is 17.7. The van der Waals surface area contributed by atoms with Crippen molar-refractivity contribution in [3.05, 3.63) is 53.1 Å². The Labute approximate surface area is 182 Å². The number of sulfonamides is 1. The predicted molar refractivity (Wildman–Crippen MR) is 111 cm³/mol. The van der Waals surface area contributed by atoms with E-state index in [0.29, 0.717) is 43.0 Å². The minimum absolute atomic E-state index is 0.0505. The highest BCUT2D eigenvalue weighted by molar-refractivity contribution is 7.90.